The largest absolute Gasteiger partial charge is 0.508 e. The average Bonchev–Trinajstić information content (AvgIpc) is 2.82. The van der Waals surface area contributed by atoms with E-state index in [1.165, 1.54) is 26.0 Å². The second-order valence-corrected chi connectivity index (χ2v) is 8.91. The van der Waals surface area contributed by atoms with Gasteiger partial charge in [0.05, 0.1) is 6.42 Å². The summed E-state index contributed by atoms with van der Waals surface area (Å²) in [7, 11) is 0. The molecular weight excluding hydrogens is 500 g/mol. The number of carbonyl (C=O) groups excluding carboxylic acids is 4. The summed E-state index contributed by atoms with van der Waals surface area (Å²) in [5.74, 6) is -5.15. The fourth-order valence-electron chi connectivity index (χ4n) is 3.33. The molecule has 0 saturated heterocycles. The third kappa shape index (κ3) is 10.5. The first kappa shape index (κ1) is 31.4. The van der Waals surface area contributed by atoms with Gasteiger partial charge in [0.2, 0.25) is 34.8 Å². The molecule has 0 radical (unpaired) electrons. The molecule has 14 nitrogen and oxygen atoms in total. The summed E-state index contributed by atoms with van der Waals surface area (Å²) in [6.45, 7) is 5.87. The number of nitrogens with zero attached hydrogens (tertiary/aromatic N) is 2. The van der Waals surface area contributed by atoms with Gasteiger partial charge in [0.25, 0.3) is 0 Å². The molecule has 38 heavy (non-hydrogen) atoms. The van der Waals surface area contributed by atoms with Crippen molar-refractivity contribution in [2.45, 2.75) is 64.7 Å². The Labute approximate surface area is 219 Å². The molecule has 0 aliphatic rings. The topological polar surface area (TPSA) is 222 Å². The normalized spacial score (nSPS) is 14.3. The van der Waals surface area contributed by atoms with Gasteiger partial charge in [-0.25, -0.2) is 0 Å². The van der Waals surface area contributed by atoms with Crippen LogP contribution in [0.3, 0.4) is 0 Å². The third-order valence-corrected chi connectivity index (χ3v) is 5.31. The molecule has 0 bridgehead atoms. The number of aromatic hydroxyl groups is 1. The lowest BCUT2D eigenvalue weighted by molar-refractivity contribution is -0.138. The van der Waals surface area contributed by atoms with E-state index in [9.17, 15) is 34.2 Å². The van der Waals surface area contributed by atoms with Crippen LogP contribution in [0.4, 0.5) is 0 Å². The molecule has 0 fully saturated rings. The van der Waals surface area contributed by atoms with Crippen molar-refractivity contribution in [1.29, 1.82) is 5.39 Å². The minimum absolute atomic E-state index is 0.0351. The Hall–Kier alpha value is -4.67. The average molecular weight is 534 g/mol. The standard InChI is InChI=1S/C24H32N6O8/c1-12(2)21(30-23(37)18(28-14(4)31)9-15-5-7-16(32)8-6-15)24(38)27-13(3)22(36)29-17(10-20(34)35)19(33)11-26-25/h5-8,11-13,17-18,21H,9-10H2,1-4H3,(H6-,27,28,29,30,31,32,33,34,35,36,37,38)/p+1/b19-11+/t13-,17-,18-,21-/m0/s1. The van der Waals surface area contributed by atoms with Crippen molar-refractivity contribution in [2.24, 2.45) is 5.92 Å². The van der Waals surface area contributed by atoms with E-state index in [1.807, 2.05) is 0 Å². The van der Waals surface area contributed by atoms with Crippen molar-refractivity contribution < 1.29 is 39.3 Å². The zero-order valence-electron chi connectivity index (χ0n) is 21.5. The third-order valence-electron chi connectivity index (χ3n) is 5.31. The number of phenols is 1. The molecule has 4 atom stereocenters. The number of aliphatic carboxylic acids is 1. The molecule has 1 aromatic carbocycles. The molecule has 206 valence electrons. The lowest BCUT2D eigenvalue weighted by Gasteiger charge is -2.26. The van der Waals surface area contributed by atoms with Crippen LogP contribution in [-0.4, -0.2) is 69.1 Å². The number of carbonyl (C=O) groups is 5. The van der Waals surface area contributed by atoms with Crippen LogP contribution in [0.2, 0.25) is 0 Å². The quantitative estimate of drug-likeness (QED) is 0.137. The highest BCUT2D eigenvalue weighted by Gasteiger charge is 2.31. The zero-order chi connectivity index (χ0) is 29.0. The molecule has 0 aliphatic heterocycles. The summed E-state index contributed by atoms with van der Waals surface area (Å²) in [6, 6.07) is 1.27. The maximum absolute atomic E-state index is 13.0. The highest BCUT2D eigenvalue weighted by molar-refractivity contribution is 5.94. The fraction of sp³-hybridized carbons (Fsp3) is 0.458. The van der Waals surface area contributed by atoms with Gasteiger partial charge in [-0.1, -0.05) is 26.0 Å². The molecule has 14 heteroatoms. The van der Waals surface area contributed by atoms with E-state index in [-0.39, 0.29) is 12.2 Å². The Kier molecular flexibility index (Phi) is 12.2. The van der Waals surface area contributed by atoms with Crippen molar-refractivity contribution in [1.82, 2.24) is 21.3 Å². The number of aliphatic hydroxyl groups excluding tert-OH is 1. The van der Waals surface area contributed by atoms with Crippen LogP contribution in [0.1, 0.15) is 39.7 Å². The van der Waals surface area contributed by atoms with Crippen LogP contribution < -0.4 is 21.3 Å². The molecule has 4 amide bonds. The number of diazo groups is 1. The van der Waals surface area contributed by atoms with Crippen molar-refractivity contribution in [3.8, 4) is 5.75 Å². The SMILES string of the molecule is CC(=O)N[C@@H](Cc1ccc(O)cc1)C(=O)N[C@H](C(=O)N[C@@H](C)C(=O)N[C@@H](CC(=O)O)/C(O)=C\[N+]#N)C(C)C. The number of amides is 4. The van der Waals surface area contributed by atoms with E-state index in [2.05, 4.69) is 26.2 Å². The van der Waals surface area contributed by atoms with Gasteiger partial charge in [-0.2, -0.15) is 0 Å². The van der Waals surface area contributed by atoms with Gasteiger partial charge in [-0.15, -0.1) is 0 Å². The Bertz CT molecular complexity index is 1100. The predicted molar refractivity (Wildman–Crippen MR) is 134 cm³/mol. The van der Waals surface area contributed by atoms with E-state index < -0.39 is 71.9 Å². The van der Waals surface area contributed by atoms with Gasteiger partial charge in [0.15, 0.2) is 4.98 Å². The maximum atomic E-state index is 13.0. The Morgan fingerprint density at radius 2 is 1.50 bits per heavy atom. The van der Waals surface area contributed by atoms with E-state index in [1.54, 1.807) is 26.0 Å². The Morgan fingerprint density at radius 3 is 2.00 bits per heavy atom. The van der Waals surface area contributed by atoms with Gasteiger partial charge in [-0.05, 0) is 30.5 Å². The molecule has 0 aliphatic carbocycles. The number of nitrogens with one attached hydrogen (secondary N) is 4. The fourth-order valence-corrected chi connectivity index (χ4v) is 3.33. The molecule has 0 unspecified atom stereocenters. The Balaban J connectivity index is 2.95. The van der Waals surface area contributed by atoms with Crippen molar-refractivity contribution in [2.75, 3.05) is 0 Å². The number of hydrogen-bond acceptors (Lipinski definition) is 8. The lowest BCUT2D eigenvalue weighted by Crippen LogP contribution is -2.58. The molecular formula is C24H33N6O8+. The molecule has 0 spiro atoms. The van der Waals surface area contributed by atoms with Crippen LogP contribution >= 0.6 is 0 Å². The lowest BCUT2D eigenvalue weighted by atomic mass is 10.0. The highest BCUT2D eigenvalue weighted by atomic mass is 16.4. The number of carboxylic acids is 1. The van der Waals surface area contributed by atoms with Gasteiger partial charge < -0.3 is 36.6 Å². The zero-order valence-corrected chi connectivity index (χ0v) is 21.5. The summed E-state index contributed by atoms with van der Waals surface area (Å²) >= 11 is 0. The molecule has 0 heterocycles. The maximum Gasteiger partial charge on any atom is 0.389 e. The minimum Gasteiger partial charge on any atom is -0.508 e. The summed E-state index contributed by atoms with van der Waals surface area (Å²) < 4.78 is 0. The van der Waals surface area contributed by atoms with Crippen molar-refractivity contribution >= 4 is 29.6 Å². The first-order valence-corrected chi connectivity index (χ1v) is 11.7. The summed E-state index contributed by atoms with van der Waals surface area (Å²) in [4.78, 5) is 63.8. The molecule has 0 aromatic heterocycles. The molecule has 1 aromatic rings. The molecule has 7 N–H and O–H groups in total. The van der Waals surface area contributed by atoms with Gasteiger partial charge in [0, 0.05) is 13.3 Å². The first-order chi connectivity index (χ1) is 17.7. The van der Waals surface area contributed by atoms with E-state index in [0.717, 1.165) is 0 Å². The van der Waals surface area contributed by atoms with Crippen LogP contribution in [0.5, 0.6) is 5.75 Å². The summed E-state index contributed by atoms with van der Waals surface area (Å²) in [5, 5.41) is 46.6. The number of hydrogen-bond donors (Lipinski definition) is 7. The van der Waals surface area contributed by atoms with Gasteiger partial charge >= 0.3 is 12.2 Å². The summed E-state index contributed by atoms with van der Waals surface area (Å²) in [6.07, 6.45) is -0.0787. The minimum atomic E-state index is -1.42. The van der Waals surface area contributed by atoms with Crippen LogP contribution in [-0.2, 0) is 30.4 Å². The number of phenolic OH excluding ortho intramolecular Hbond substituents is 1. The van der Waals surface area contributed by atoms with Crippen molar-refractivity contribution in [3.63, 3.8) is 0 Å². The van der Waals surface area contributed by atoms with Crippen molar-refractivity contribution in [3.05, 3.63) is 46.8 Å². The highest BCUT2D eigenvalue weighted by Crippen LogP contribution is 2.12. The Morgan fingerprint density at radius 1 is 0.895 bits per heavy atom. The van der Waals surface area contributed by atoms with Crippen LogP contribution in [0.25, 0.3) is 4.98 Å². The van der Waals surface area contributed by atoms with E-state index in [4.69, 9.17) is 10.5 Å². The second kappa shape index (κ2) is 14.8. The molecule has 1 rings (SSSR count). The monoisotopic (exact) mass is 533 g/mol. The van der Waals surface area contributed by atoms with E-state index in [0.29, 0.717) is 11.8 Å². The number of carboxylic acid groups (broad SMARTS) is 1. The first-order valence-electron chi connectivity index (χ1n) is 11.7. The van der Waals surface area contributed by atoms with E-state index >= 15 is 0 Å². The van der Waals surface area contributed by atoms with Crippen LogP contribution in [0, 0.1) is 11.3 Å². The predicted octanol–water partition coefficient (Wildman–Crippen LogP) is 0.297. The second-order valence-electron chi connectivity index (χ2n) is 8.91. The smallest absolute Gasteiger partial charge is 0.389 e. The van der Waals surface area contributed by atoms with Gasteiger partial charge in [-0.3, -0.25) is 24.0 Å². The molecule has 0 saturated carbocycles. The summed E-state index contributed by atoms with van der Waals surface area (Å²) in [5.41, 5.74) is 0.648. The van der Waals surface area contributed by atoms with Gasteiger partial charge in [0.1, 0.15) is 29.9 Å². The van der Waals surface area contributed by atoms with Crippen LogP contribution in [0.15, 0.2) is 36.2 Å². The number of rotatable bonds is 13. The number of aliphatic hydroxyl groups is 1. The number of benzene rings is 1.